The van der Waals surface area contributed by atoms with E-state index in [-0.39, 0.29) is 28.5 Å². The van der Waals surface area contributed by atoms with Crippen molar-refractivity contribution in [1.29, 1.82) is 5.26 Å². The Morgan fingerprint density at radius 2 is 2.00 bits per heavy atom. The molecule has 0 aliphatic heterocycles. The Balaban J connectivity index is 2.05. The number of aryl methyl sites for hydroxylation is 1. The molecule has 0 saturated carbocycles. The summed E-state index contributed by atoms with van der Waals surface area (Å²) in [6.45, 7) is 1.42. The van der Waals surface area contributed by atoms with E-state index in [9.17, 15) is 24.8 Å². The molecule has 158 valence electrons. The molecule has 2 N–H and O–H groups in total. The number of methoxy groups -OCH3 is 2. The molecule has 11 heteroatoms. The summed E-state index contributed by atoms with van der Waals surface area (Å²) in [7, 11) is 2.54. The first-order chi connectivity index (χ1) is 14.8. The van der Waals surface area contributed by atoms with Crippen LogP contribution in [0.4, 0.5) is 5.88 Å². The number of ether oxygens (including phenoxy) is 2. The summed E-state index contributed by atoms with van der Waals surface area (Å²) in [6, 6.07) is 9.03. The molecule has 2 aromatic heterocycles. The van der Waals surface area contributed by atoms with Gasteiger partial charge in [0.2, 0.25) is 5.88 Å². The summed E-state index contributed by atoms with van der Waals surface area (Å²) in [4.78, 5) is 37.0. The number of benzene rings is 1. The Labute approximate surface area is 175 Å². The van der Waals surface area contributed by atoms with Gasteiger partial charge in [-0.1, -0.05) is 12.1 Å². The Bertz CT molecular complexity index is 1280. The number of carbonyl (C=O) groups excluding carboxylic acids is 2. The zero-order valence-corrected chi connectivity index (χ0v) is 16.6. The molecule has 1 amide bonds. The second kappa shape index (κ2) is 8.42. The third kappa shape index (κ3) is 3.82. The number of esters is 1. The van der Waals surface area contributed by atoms with Crippen molar-refractivity contribution in [2.24, 2.45) is 0 Å². The zero-order valence-electron chi connectivity index (χ0n) is 16.6. The first-order valence-electron chi connectivity index (χ1n) is 8.72. The summed E-state index contributed by atoms with van der Waals surface area (Å²) in [5.41, 5.74) is -1.39. The van der Waals surface area contributed by atoms with Crippen LogP contribution in [0.1, 0.15) is 32.2 Å². The maximum absolute atomic E-state index is 12.7. The number of rotatable bonds is 5. The molecule has 2 heterocycles. The summed E-state index contributed by atoms with van der Waals surface area (Å²) >= 11 is 0. The lowest BCUT2D eigenvalue weighted by molar-refractivity contribution is 0.0598. The Hall–Kier alpha value is -4.59. The van der Waals surface area contributed by atoms with Crippen LogP contribution in [0.25, 0.3) is 5.69 Å². The quantitative estimate of drug-likeness (QED) is 0.582. The van der Waals surface area contributed by atoms with Gasteiger partial charge in [-0.25, -0.2) is 4.79 Å². The summed E-state index contributed by atoms with van der Waals surface area (Å²) < 4.78 is 16.0. The van der Waals surface area contributed by atoms with Gasteiger partial charge < -0.3 is 19.0 Å². The van der Waals surface area contributed by atoms with E-state index in [0.717, 1.165) is 17.9 Å². The number of hydrogen-bond acceptors (Lipinski definition) is 9. The molecular formula is C20H16N4O7. The number of nitriles is 1. The molecule has 0 aliphatic carbocycles. The van der Waals surface area contributed by atoms with E-state index in [4.69, 9.17) is 9.15 Å². The number of anilines is 1. The summed E-state index contributed by atoms with van der Waals surface area (Å²) in [5, 5.41) is 25.7. The van der Waals surface area contributed by atoms with Crippen LogP contribution >= 0.6 is 0 Å². The molecule has 1 aromatic carbocycles. The minimum Gasteiger partial charge on any atom is -0.505 e. The monoisotopic (exact) mass is 424 g/mol. The molecule has 0 spiro atoms. The average molecular weight is 424 g/mol. The number of aromatic hydroxyl groups is 1. The zero-order chi connectivity index (χ0) is 22.7. The lowest BCUT2D eigenvalue weighted by Crippen LogP contribution is -2.25. The fourth-order valence-electron chi connectivity index (χ4n) is 2.84. The number of amides is 1. The van der Waals surface area contributed by atoms with Crippen molar-refractivity contribution in [3.63, 3.8) is 0 Å². The molecule has 0 bridgehead atoms. The van der Waals surface area contributed by atoms with Crippen LogP contribution < -0.4 is 15.6 Å². The lowest BCUT2D eigenvalue weighted by atomic mass is 10.1. The van der Waals surface area contributed by atoms with Crippen LogP contribution in [0, 0.1) is 18.3 Å². The van der Waals surface area contributed by atoms with E-state index in [1.165, 1.54) is 20.1 Å². The molecular weight excluding hydrogens is 408 g/mol. The third-order valence-electron chi connectivity index (χ3n) is 4.25. The van der Waals surface area contributed by atoms with E-state index in [1.807, 2.05) is 0 Å². The van der Waals surface area contributed by atoms with Gasteiger partial charge in [-0.2, -0.15) is 15.0 Å². The number of nitrogens with one attached hydrogen (secondary N) is 1. The highest BCUT2D eigenvalue weighted by Crippen LogP contribution is 2.28. The van der Waals surface area contributed by atoms with Crippen LogP contribution in [0.15, 0.2) is 39.5 Å². The van der Waals surface area contributed by atoms with E-state index in [0.29, 0.717) is 5.75 Å². The van der Waals surface area contributed by atoms with Crippen molar-refractivity contribution in [1.82, 2.24) is 9.78 Å². The first kappa shape index (κ1) is 21.1. The maximum Gasteiger partial charge on any atom is 0.342 e. The van der Waals surface area contributed by atoms with E-state index in [2.05, 4.69) is 15.2 Å². The van der Waals surface area contributed by atoms with E-state index in [1.54, 1.807) is 24.3 Å². The topological polar surface area (TPSA) is 157 Å². The highest BCUT2D eigenvalue weighted by molar-refractivity contribution is 6.05. The summed E-state index contributed by atoms with van der Waals surface area (Å²) in [5.74, 6) is -2.46. The van der Waals surface area contributed by atoms with Crippen LogP contribution in [0.5, 0.6) is 11.5 Å². The average Bonchev–Trinajstić information content (AvgIpc) is 3.07. The number of para-hydroxylation sites is 2. The van der Waals surface area contributed by atoms with Crippen molar-refractivity contribution in [3.8, 4) is 23.3 Å². The molecule has 31 heavy (non-hydrogen) atoms. The number of aromatic nitrogens is 2. The minimum absolute atomic E-state index is 0.0508. The predicted molar refractivity (Wildman–Crippen MR) is 106 cm³/mol. The molecule has 0 atom stereocenters. The molecule has 3 aromatic rings. The van der Waals surface area contributed by atoms with Crippen LogP contribution in [0.3, 0.4) is 0 Å². The van der Waals surface area contributed by atoms with Crippen molar-refractivity contribution in [2.75, 3.05) is 19.5 Å². The molecule has 0 radical (unpaired) electrons. The Morgan fingerprint density at radius 3 is 2.65 bits per heavy atom. The van der Waals surface area contributed by atoms with Gasteiger partial charge in [0.1, 0.15) is 34.4 Å². The SMILES string of the molecule is COC(=O)c1c(C)oc(NC(=O)c2nn(-c3ccccc3OC)c(=O)cc2O)c1C#N. The standard InChI is InChI=1S/C20H16N4O7/c1-10-16(20(28)30-3)11(9-21)19(31-10)22-18(27)17-13(25)8-15(26)24(23-17)12-6-4-5-7-14(12)29-2/h4-8,25H,1-3H3,(H,22,27). The fourth-order valence-corrected chi connectivity index (χ4v) is 2.84. The van der Waals surface area contributed by atoms with Gasteiger partial charge >= 0.3 is 5.97 Å². The minimum atomic E-state index is -0.984. The highest BCUT2D eigenvalue weighted by atomic mass is 16.5. The van der Waals surface area contributed by atoms with Gasteiger partial charge in [0.25, 0.3) is 11.5 Å². The molecule has 0 unspecified atom stereocenters. The van der Waals surface area contributed by atoms with Gasteiger partial charge in [0, 0.05) is 6.07 Å². The second-order valence-electron chi connectivity index (χ2n) is 6.09. The maximum atomic E-state index is 12.7. The van der Waals surface area contributed by atoms with Gasteiger partial charge in [-0.3, -0.25) is 14.9 Å². The van der Waals surface area contributed by atoms with E-state index < -0.39 is 28.9 Å². The second-order valence-corrected chi connectivity index (χ2v) is 6.09. The van der Waals surface area contributed by atoms with Crippen LogP contribution in [-0.2, 0) is 4.74 Å². The predicted octanol–water partition coefficient (Wildman–Crippen LogP) is 1.76. The summed E-state index contributed by atoms with van der Waals surface area (Å²) in [6.07, 6.45) is 0. The molecule has 0 aliphatic rings. The van der Waals surface area contributed by atoms with Gasteiger partial charge in [0.15, 0.2) is 11.4 Å². The normalized spacial score (nSPS) is 10.3. The van der Waals surface area contributed by atoms with Crippen LogP contribution in [0.2, 0.25) is 0 Å². The number of nitrogens with zero attached hydrogens (tertiary/aromatic N) is 3. The number of hydrogen-bond donors (Lipinski definition) is 2. The van der Waals surface area contributed by atoms with Crippen molar-refractivity contribution < 1.29 is 28.6 Å². The molecule has 0 fully saturated rings. The molecule has 3 rings (SSSR count). The van der Waals surface area contributed by atoms with Crippen LogP contribution in [-0.4, -0.2) is 41.0 Å². The smallest absolute Gasteiger partial charge is 0.342 e. The van der Waals surface area contributed by atoms with Gasteiger partial charge in [0.05, 0.1) is 14.2 Å². The first-order valence-corrected chi connectivity index (χ1v) is 8.72. The van der Waals surface area contributed by atoms with E-state index >= 15 is 0 Å². The number of carbonyl (C=O) groups is 2. The fraction of sp³-hybridized carbons (Fsp3) is 0.150. The number of furan rings is 1. The highest BCUT2D eigenvalue weighted by Gasteiger charge is 2.27. The third-order valence-corrected chi connectivity index (χ3v) is 4.25. The van der Waals surface area contributed by atoms with Crippen molar-refractivity contribution in [3.05, 3.63) is 63.3 Å². The van der Waals surface area contributed by atoms with Gasteiger partial charge in [-0.05, 0) is 19.1 Å². The lowest BCUT2D eigenvalue weighted by Gasteiger charge is -2.11. The molecule has 11 nitrogen and oxygen atoms in total. The van der Waals surface area contributed by atoms with Crippen molar-refractivity contribution >= 4 is 17.8 Å². The molecule has 0 saturated heterocycles. The Morgan fingerprint density at radius 1 is 1.29 bits per heavy atom. The largest absolute Gasteiger partial charge is 0.505 e. The van der Waals surface area contributed by atoms with Gasteiger partial charge in [-0.15, -0.1) is 0 Å². The van der Waals surface area contributed by atoms with Crippen molar-refractivity contribution in [2.45, 2.75) is 6.92 Å². The Kier molecular flexibility index (Phi) is 5.74.